The van der Waals surface area contributed by atoms with Gasteiger partial charge in [-0.2, -0.15) is 0 Å². The lowest BCUT2D eigenvalue weighted by Crippen LogP contribution is -2.73. The van der Waals surface area contributed by atoms with Crippen molar-refractivity contribution < 1.29 is 0 Å². The Balaban J connectivity index is 4.18. The van der Waals surface area contributed by atoms with Gasteiger partial charge in [0.05, 0.1) is 0 Å². The molecule has 0 radical (unpaired) electrons. The summed E-state index contributed by atoms with van der Waals surface area (Å²) in [6, 6.07) is 0. The normalized spacial score (nSPS) is 26.9. The zero-order chi connectivity index (χ0) is 17.1. The summed E-state index contributed by atoms with van der Waals surface area (Å²) in [5, 5.41) is 7.93. The van der Waals surface area contributed by atoms with Crippen molar-refractivity contribution in [2.45, 2.75) is 22.5 Å². The van der Waals surface area contributed by atoms with E-state index in [2.05, 4.69) is 82.0 Å². The summed E-state index contributed by atoms with van der Waals surface area (Å²) in [5.74, 6) is 0. The molecule has 0 aromatic rings. The first-order chi connectivity index (χ1) is 10.4. The highest BCUT2D eigenvalue weighted by Crippen LogP contribution is 2.53. The molecule has 1 aliphatic carbocycles. The molecular formula is C14H18N8. The van der Waals surface area contributed by atoms with E-state index in [1.54, 1.807) is 0 Å². The second-order valence-corrected chi connectivity index (χ2v) is 4.48. The largest absolute Gasteiger partial charge is 0.310 e. The molecule has 1 aliphatic rings. The monoisotopic (exact) mass is 298 g/mol. The van der Waals surface area contributed by atoms with E-state index in [0.717, 1.165) is 6.21 Å². The van der Waals surface area contributed by atoms with Crippen molar-refractivity contribution in [1.82, 2.24) is 0 Å². The van der Waals surface area contributed by atoms with Crippen molar-refractivity contribution in [2.24, 2.45) is 34.9 Å². The number of hydrogen-bond acceptors (Lipinski definition) is 8. The Morgan fingerprint density at radius 2 is 1.05 bits per heavy atom. The standard InChI is InChI=1S/C14H18N8/c1-16-11(10-15)12(17-2,18-3)8-9-13(19-4,20-5)14(11,21-6)22-7/h8-10,15H,1-7H2. The van der Waals surface area contributed by atoms with Crippen LogP contribution in [0, 0.1) is 5.41 Å². The predicted molar refractivity (Wildman–Crippen MR) is 95.7 cm³/mol. The van der Waals surface area contributed by atoms with Crippen LogP contribution in [0.5, 0.6) is 0 Å². The SMILES string of the molecule is C=NC1(N=C)C=CC(N=C)(N=C)C(N=C)(N=C)C1(C=N)N=C. The van der Waals surface area contributed by atoms with Crippen LogP contribution in [-0.4, -0.2) is 75.8 Å². The zero-order valence-corrected chi connectivity index (χ0v) is 12.3. The second-order valence-electron chi connectivity index (χ2n) is 4.48. The van der Waals surface area contributed by atoms with Crippen LogP contribution in [0.3, 0.4) is 0 Å². The predicted octanol–water partition coefficient (Wildman–Crippen LogP) is 0.938. The van der Waals surface area contributed by atoms with Crippen molar-refractivity contribution >= 4 is 53.2 Å². The molecule has 8 heteroatoms. The molecule has 1 N–H and O–H groups in total. The zero-order valence-electron chi connectivity index (χ0n) is 12.3. The first-order valence-electron chi connectivity index (χ1n) is 6.02. The maximum atomic E-state index is 7.93. The van der Waals surface area contributed by atoms with E-state index in [4.69, 9.17) is 5.41 Å². The highest BCUT2D eigenvalue weighted by atomic mass is 15.3. The minimum Gasteiger partial charge on any atom is -0.310 e. The van der Waals surface area contributed by atoms with Crippen molar-refractivity contribution in [2.75, 3.05) is 0 Å². The van der Waals surface area contributed by atoms with E-state index in [1.165, 1.54) is 12.2 Å². The second kappa shape index (κ2) is 5.47. The van der Waals surface area contributed by atoms with Gasteiger partial charge < -0.3 is 5.41 Å². The molecule has 0 heterocycles. The Bertz CT molecular complexity index is 516. The fraction of sp³-hybridized carbons (Fsp3) is 0.286. The van der Waals surface area contributed by atoms with Crippen molar-refractivity contribution in [3.8, 4) is 0 Å². The third-order valence-electron chi connectivity index (χ3n) is 4.03. The van der Waals surface area contributed by atoms with Gasteiger partial charge in [0.25, 0.3) is 0 Å². The number of rotatable bonds is 8. The molecule has 0 bridgehead atoms. The van der Waals surface area contributed by atoms with Gasteiger partial charge in [0.2, 0.25) is 17.0 Å². The van der Waals surface area contributed by atoms with Gasteiger partial charge >= 0.3 is 0 Å². The van der Waals surface area contributed by atoms with Gasteiger partial charge in [0.15, 0.2) is 5.54 Å². The lowest BCUT2D eigenvalue weighted by atomic mass is 9.65. The van der Waals surface area contributed by atoms with E-state index < -0.39 is 22.5 Å². The molecule has 1 atom stereocenters. The number of hydrogen-bond donors (Lipinski definition) is 1. The summed E-state index contributed by atoms with van der Waals surface area (Å²) in [5.41, 5.74) is -6.43. The first kappa shape index (κ1) is 17.2. The highest BCUT2D eigenvalue weighted by molar-refractivity contribution is 5.80. The average molecular weight is 298 g/mol. The molecular weight excluding hydrogens is 280 g/mol. The van der Waals surface area contributed by atoms with Crippen LogP contribution in [0.1, 0.15) is 0 Å². The fourth-order valence-electron chi connectivity index (χ4n) is 2.79. The minimum absolute atomic E-state index is 0.932. The summed E-state index contributed by atoms with van der Waals surface area (Å²) in [6.45, 7) is 24.6. The van der Waals surface area contributed by atoms with Crippen LogP contribution in [0.15, 0.2) is 47.1 Å². The van der Waals surface area contributed by atoms with E-state index in [9.17, 15) is 0 Å². The maximum Gasteiger partial charge on any atom is 0.232 e. The van der Waals surface area contributed by atoms with Gasteiger partial charge in [-0.1, -0.05) is 0 Å². The molecule has 0 fully saturated rings. The molecule has 0 aromatic heterocycles. The topological polar surface area (TPSA) is 110 Å². The molecule has 1 rings (SSSR count). The summed E-state index contributed by atoms with van der Waals surface area (Å²) in [6.07, 6.45) is 3.92. The highest BCUT2D eigenvalue weighted by Gasteiger charge is 2.72. The molecule has 0 saturated heterocycles. The molecule has 0 saturated carbocycles. The Labute approximate surface area is 129 Å². The van der Waals surface area contributed by atoms with Crippen LogP contribution in [-0.2, 0) is 0 Å². The Morgan fingerprint density at radius 1 is 0.636 bits per heavy atom. The van der Waals surface area contributed by atoms with Crippen LogP contribution in [0.25, 0.3) is 0 Å². The van der Waals surface area contributed by atoms with Gasteiger partial charge in [0, 0.05) is 6.21 Å². The number of aliphatic imine (C=N–C) groups is 7. The summed E-state index contributed by atoms with van der Waals surface area (Å²) >= 11 is 0. The van der Waals surface area contributed by atoms with Gasteiger partial charge in [-0.3, -0.25) is 34.9 Å². The molecule has 0 amide bonds. The van der Waals surface area contributed by atoms with E-state index in [0.29, 0.717) is 0 Å². The molecule has 0 spiro atoms. The van der Waals surface area contributed by atoms with Gasteiger partial charge in [-0.25, -0.2) is 0 Å². The molecule has 0 aliphatic heterocycles. The summed E-state index contributed by atoms with van der Waals surface area (Å²) in [4.78, 5) is 27.9. The van der Waals surface area contributed by atoms with Crippen LogP contribution in [0.4, 0.5) is 0 Å². The van der Waals surface area contributed by atoms with Crippen LogP contribution in [0.2, 0.25) is 0 Å². The minimum atomic E-state index is -1.73. The van der Waals surface area contributed by atoms with Crippen molar-refractivity contribution in [3.63, 3.8) is 0 Å². The third kappa shape index (κ3) is 1.46. The summed E-state index contributed by atoms with van der Waals surface area (Å²) < 4.78 is 0. The Kier molecular flexibility index (Phi) is 4.27. The van der Waals surface area contributed by atoms with E-state index >= 15 is 0 Å². The lowest BCUT2D eigenvalue weighted by Gasteiger charge is -2.54. The Morgan fingerprint density at radius 3 is 1.32 bits per heavy atom. The van der Waals surface area contributed by atoms with Gasteiger partial charge in [-0.15, -0.1) is 0 Å². The number of nitrogens with zero attached hydrogens (tertiary/aromatic N) is 7. The van der Waals surface area contributed by atoms with Gasteiger partial charge in [0.1, 0.15) is 0 Å². The molecule has 0 aromatic carbocycles. The third-order valence-corrected chi connectivity index (χ3v) is 4.03. The lowest BCUT2D eigenvalue weighted by molar-refractivity contribution is 0.150. The quantitative estimate of drug-likeness (QED) is 0.508. The van der Waals surface area contributed by atoms with E-state index in [-0.39, 0.29) is 0 Å². The first-order valence-corrected chi connectivity index (χ1v) is 6.02. The average Bonchev–Trinajstić information content (AvgIpc) is 2.59. The van der Waals surface area contributed by atoms with Crippen LogP contribution < -0.4 is 0 Å². The Hall–Kier alpha value is -2.90. The smallest absolute Gasteiger partial charge is 0.232 e. The molecule has 114 valence electrons. The van der Waals surface area contributed by atoms with Crippen molar-refractivity contribution in [1.29, 1.82) is 5.41 Å². The molecule has 1 unspecified atom stereocenters. The van der Waals surface area contributed by atoms with Crippen LogP contribution >= 0.6 is 0 Å². The summed E-state index contributed by atoms with van der Waals surface area (Å²) in [7, 11) is 0. The van der Waals surface area contributed by atoms with E-state index in [1.807, 2.05) is 0 Å². The van der Waals surface area contributed by atoms with Gasteiger partial charge in [-0.05, 0) is 59.2 Å². The number of nitrogens with one attached hydrogen (secondary N) is 1. The molecule has 22 heavy (non-hydrogen) atoms. The van der Waals surface area contributed by atoms with Crippen molar-refractivity contribution in [3.05, 3.63) is 12.2 Å². The fourth-order valence-corrected chi connectivity index (χ4v) is 2.79. The maximum absolute atomic E-state index is 7.93. The molecule has 8 nitrogen and oxygen atoms in total.